The summed E-state index contributed by atoms with van der Waals surface area (Å²) in [6.07, 6.45) is 9.93. The molecule has 9 atom stereocenters. The molecule has 7 amide bonds. The molecule has 6 N–H and O–H groups in total. The number of nitrogens with one attached hydrogen (secondary N) is 6. The lowest BCUT2D eigenvalue weighted by molar-refractivity contribution is -0.139. The predicted molar refractivity (Wildman–Crippen MR) is 296 cm³/mol. The van der Waals surface area contributed by atoms with E-state index in [0.29, 0.717) is 30.9 Å². The van der Waals surface area contributed by atoms with Crippen LogP contribution >= 0.6 is 0 Å². The SMILES string of the molecule is CCC.CCC(C)C(C(CC(C)=O)OC)N(C)C(=O)CNC(=O)C(NC)C(C)C.CCC(C)CCCC(C)C(OC)C(C)C(=O)NCCc1cccc(NC(=O)CNC(=O)C(C)NC)c1.O=CCN1C(=O)C=CC1=O. The Hall–Kier alpha value is -5.37. The number of Topliss-reactive ketones (excluding diaryl/α,β-unsaturated/α-hetero) is 1. The molecule has 1 heterocycles. The fourth-order valence-electron chi connectivity index (χ4n) is 8.07. The number of anilines is 1. The first-order valence-corrected chi connectivity index (χ1v) is 26.7. The van der Waals surface area contributed by atoms with Crippen LogP contribution in [0.3, 0.4) is 0 Å². The van der Waals surface area contributed by atoms with E-state index in [0.717, 1.165) is 47.8 Å². The number of rotatable bonds is 31. The molecule has 0 saturated carbocycles. The summed E-state index contributed by atoms with van der Waals surface area (Å²) in [5.74, 6) is -0.667. The van der Waals surface area contributed by atoms with E-state index >= 15 is 0 Å². The lowest BCUT2D eigenvalue weighted by atomic mass is 9.87. The third-order valence-electron chi connectivity index (χ3n) is 13.0. The van der Waals surface area contributed by atoms with Gasteiger partial charge in [0.15, 0.2) is 0 Å². The van der Waals surface area contributed by atoms with Crippen LogP contribution in [0.2, 0.25) is 0 Å². The minimum absolute atomic E-state index is 0.00776. The van der Waals surface area contributed by atoms with Crippen molar-refractivity contribution in [2.24, 2.45) is 29.6 Å². The summed E-state index contributed by atoms with van der Waals surface area (Å²) in [7, 11) is 8.36. The van der Waals surface area contributed by atoms with E-state index in [9.17, 15) is 43.2 Å². The normalized spacial score (nSPS) is 15.3. The number of amides is 7. The topological polar surface area (TPSA) is 251 Å². The van der Waals surface area contributed by atoms with Crippen LogP contribution in [0.15, 0.2) is 36.4 Å². The Balaban J connectivity index is 0. The second kappa shape index (κ2) is 40.9. The van der Waals surface area contributed by atoms with Crippen molar-refractivity contribution < 1.29 is 52.6 Å². The second-order valence-corrected chi connectivity index (χ2v) is 19.7. The Labute approximate surface area is 450 Å². The molecule has 2 rings (SSSR count). The van der Waals surface area contributed by atoms with Gasteiger partial charge in [0.2, 0.25) is 29.5 Å². The van der Waals surface area contributed by atoms with Crippen LogP contribution in [0.1, 0.15) is 134 Å². The van der Waals surface area contributed by atoms with Crippen LogP contribution in [-0.4, -0.2) is 155 Å². The molecule has 9 unspecified atom stereocenters. The van der Waals surface area contributed by atoms with Crippen LogP contribution < -0.4 is 31.9 Å². The number of hydrogen-bond donors (Lipinski definition) is 6. The van der Waals surface area contributed by atoms with Gasteiger partial charge in [0, 0.05) is 52.1 Å². The van der Waals surface area contributed by atoms with Crippen LogP contribution in [0.25, 0.3) is 0 Å². The van der Waals surface area contributed by atoms with Crippen molar-refractivity contribution in [2.45, 2.75) is 165 Å². The molecule has 0 spiro atoms. The van der Waals surface area contributed by atoms with E-state index in [-0.39, 0.29) is 109 Å². The number of likely N-dealkylation sites (N-methyl/N-ethyl adjacent to an activating group) is 3. The number of methoxy groups -OCH3 is 2. The summed E-state index contributed by atoms with van der Waals surface area (Å²) in [6.45, 7) is 24.2. The lowest BCUT2D eigenvalue weighted by Gasteiger charge is -2.37. The van der Waals surface area contributed by atoms with Crippen molar-refractivity contribution in [3.8, 4) is 0 Å². The molecule has 1 aromatic rings. The zero-order valence-electron chi connectivity index (χ0n) is 48.7. The highest BCUT2D eigenvalue weighted by Gasteiger charge is 2.34. The number of imide groups is 1. The van der Waals surface area contributed by atoms with E-state index in [1.807, 2.05) is 52.8 Å². The third kappa shape index (κ3) is 28.9. The van der Waals surface area contributed by atoms with Gasteiger partial charge in [-0.3, -0.25) is 43.3 Å². The van der Waals surface area contributed by atoms with Gasteiger partial charge < -0.3 is 51.1 Å². The molecule has 428 valence electrons. The van der Waals surface area contributed by atoms with Gasteiger partial charge in [-0.25, -0.2) is 0 Å². The molecule has 0 fully saturated rings. The van der Waals surface area contributed by atoms with Crippen molar-refractivity contribution in [3.05, 3.63) is 42.0 Å². The number of ether oxygens (including phenoxy) is 2. The minimum atomic E-state index is -0.419. The molecule has 19 heteroatoms. The van der Waals surface area contributed by atoms with E-state index in [1.54, 1.807) is 53.3 Å². The third-order valence-corrected chi connectivity index (χ3v) is 13.0. The highest BCUT2D eigenvalue weighted by atomic mass is 16.5. The molecular weight excluding hydrogens is 961 g/mol. The summed E-state index contributed by atoms with van der Waals surface area (Å²) < 4.78 is 11.2. The highest BCUT2D eigenvalue weighted by molar-refractivity contribution is 6.13. The summed E-state index contributed by atoms with van der Waals surface area (Å²) >= 11 is 0. The van der Waals surface area contributed by atoms with Crippen molar-refractivity contribution in [3.63, 3.8) is 0 Å². The molecule has 75 heavy (non-hydrogen) atoms. The Morgan fingerprint density at radius 3 is 1.85 bits per heavy atom. The zero-order valence-corrected chi connectivity index (χ0v) is 48.7. The number of carbonyl (C=O) groups excluding carboxylic acids is 9. The van der Waals surface area contributed by atoms with E-state index in [4.69, 9.17) is 9.47 Å². The van der Waals surface area contributed by atoms with Gasteiger partial charge in [0.25, 0.3) is 11.8 Å². The Bertz CT molecular complexity index is 1900. The molecule has 0 aliphatic carbocycles. The molecule has 0 aromatic heterocycles. The van der Waals surface area contributed by atoms with E-state index < -0.39 is 11.8 Å². The summed E-state index contributed by atoms with van der Waals surface area (Å²) in [4.78, 5) is 107. The molecule has 1 aromatic carbocycles. The van der Waals surface area contributed by atoms with Crippen LogP contribution in [0, 0.1) is 29.6 Å². The monoisotopic (exact) mass is 1060 g/mol. The Morgan fingerprint density at radius 2 is 1.36 bits per heavy atom. The maximum Gasteiger partial charge on any atom is 0.254 e. The van der Waals surface area contributed by atoms with Crippen LogP contribution in [0.4, 0.5) is 5.69 Å². The molecule has 0 radical (unpaired) electrons. The van der Waals surface area contributed by atoms with Crippen molar-refractivity contribution >= 4 is 59.1 Å². The maximum absolute atomic E-state index is 12.8. The van der Waals surface area contributed by atoms with Gasteiger partial charge in [-0.15, -0.1) is 0 Å². The van der Waals surface area contributed by atoms with E-state index in [2.05, 4.69) is 66.5 Å². The Morgan fingerprint density at radius 1 is 0.760 bits per heavy atom. The highest BCUT2D eigenvalue weighted by Crippen LogP contribution is 2.24. The number of hydrogen-bond acceptors (Lipinski definition) is 13. The number of ketones is 1. The number of aldehydes is 1. The van der Waals surface area contributed by atoms with Crippen molar-refractivity contribution in [2.75, 3.05) is 66.9 Å². The molecule has 19 nitrogen and oxygen atoms in total. The largest absolute Gasteiger partial charge is 0.380 e. The van der Waals surface area contributed by atoms with Gasteiger partial charge in [-0.1, -0.05) is 113 Å². The first-order chi connectivity index (χ1) is 35.4. The fourth-order valence-corrected chi connectivity index (χ4v) is 8.07. The van der Waals surface area contributed by atoms with E-state index in [1.165, 1.54) is 26.2 Å². The van der Waals surface area contributed by atoms with Gasteiger partial charge in [-0.2, -0.15) is 0 Å². The van der Waals surface area contributed by atoms with Gasteiger partial charge in [0.1, 0.15) is 12.1 Å². The molecule has 0 bridgehead atoms. The summed E-state index contributed by atoms with van der Waals surface area (Å²) in [5, 5.41) is 16.9. The van der Waals surface area contributed by atoms with Gasteiger partial charge in [0.05, 0.1) is 55.9 Å². The zero-order chi connectivity index (χ0) is 57.8. The maximum atomic E-state index is 12.8. The first kappa shape index (κ1) is 71.7. The standard InChI is InChI=1S/C28H48N4O4.C19H37N3O4.C6H5NO3.C3H8/c1-8-19(2)11-9-12-20(3)26(36-7)21(4)27(34)30-16-15-23-13-10-14-24(17-23)32-25(33)18-31-28(35)22(5)29-6;1-9-13(4)18(15(26-8)10-14(5)23)22(7)16(24)11-21-19(25)17(20-6)12(2)3;8-4-3-7-5(9)1-2-6(7)10;1-3-2/h10,13-14,17,19-22,26,29H,8-9,11-12,15-16,18H2,1-7H3,(H,30,34)(H,31,35)(H,32,33);12-13,15,17-18,20H,9-11H2,1-8H3,(H,21,25);1-2,4H,3H2;3H2,1-2H3. The minimum Gasteiger partial charge on any atom is -0.380 e. The predicted octanol–water partition coefficient (Wildman–Crippen LogP) is 5.25. The number of benzene rings is 1. The molecule has 1 aliphatic heterocycles. The lowest BCUT2D eigenvalue weighted by Crippen LogP contribution is -2.53. The molecular formula is C56H98N8O11. The summed E-state index contributed by atoms with van der Waals surface area (Å²) in [6, 6.07) is 6.55. The Kier molecular flexibility index (Phi) is 39.1. The molecule has 0 saturated heterocycles. The van der Waals surface area contributed by atoms with Crippen molar-refractivity contribution in [1.29, 1.82) is 0 Å². The smallest absolute Gasteiger partial charge is 0.254 e. The average molecular weight is 1060 g/mol. The fraction of sp³-hybridized carbons (Fsp3) is 0.696. The van der Waals surface area contributed by atoms with Gasteiger partial charge in [-0.05, 0) is 82.2 Å². The van der Waals surface area contributed by atoms with Crippen LogP contribution in [-0.2, 0) is 59.0 Å². The molecule has 1 aliphatic rings. The first-order valence-electron chi connectivity index (χ1n) is 26.7. The second-order valence-electron chi connectivity index (χ2n) is 19.7. The van der Waals surface area contributed by atoms with Crippen LogP contribution in [0.5, 0.6) is 0 Å². The number of nitrogens with zero attached hydrogens (tertiary/aromatic N) is 2. The van der Waals surface area contributed by atoms with Crippen molar-refractivity contribution in [1.82, 2.24) is 36.4 Å². The average Bonchev–Trinajstić information content (AvgIpc) is 3.69. The van der Waals surface area contributed by atoms with Gasteiger partial charge >= 0.3 is 0 Å². The summed E-state index contributed by atoms with van der Waals surface area (Å²) in [5.41, 5.74) is 1.65. The number of carbonyl (C=O) groups is 9. The quantitative estimate of drug-likeness (QED) is 0.0411.